The molecule has 0 aromatic heterocycles. The second kappa shape index (κ2) is 3.31. The quantitative estimate of drug-likeness (QED) is 0.717. The zero-order valence-electron chi connectivity index (χ0n) is 6.91. The highest BCUT2D eigenvalue weighted by Crippen LogP contribution is 2.41. The van der Waals surface area contributed by atoms with Gasteiger partial charge in [0.2, 0.25) is 6.79 Å². The first-order valence-corrected chi connectivity index (χ1v) is 4.54. The molecule has 14 heavy (non-hydrogen) atoms. The molecule has 1 aliphatic rings. The van der Waals surface area contributed by atoms with Gasteiger partial charge in [-0.25, -0.2) is 0 Å². The number of nitriles is 1. The summed E-state index contributed by atoms with van der Waals surface area (Å²) in [5, 5.41) is 8.80. The van der Waals surface area contributed by atoms with Crippen molar-refractivity contribution in [2.75, 3.05) is 6.79 Å². The number of benzene rings is 1. The van der Waals surface area contributed by atoms with E-state index < -0.39 is 0 Å². The summed E-state index contributed by atoms with van der Waals surface area (Å²) < 4.78 is 10.7. The Morgan fingerprint density at radius 3 is 2.86 bits per heavy atom. The van der Waals surface area contributed by atoms with Crippen LogP contribution in [0.1, 0.15) is 15.9 Å². The molecule has 0 N–H and O–H groups in total. The zero-order valence-corrected chi connectivity index (χ0v) is 8.50. The SMILES string of the molecule is N#Cc1cc(Br)c(C=O)c2c1OCO2. The van der Waals surface area contributed by atoms with Gasteiger partial charge in [0.15, 0.2) is 17.8 Å². The van der Waals surface area contributed by atoms with Crippen LogP contribution >= 0.6 is 15.9 Å². The average molecular weight is 254 g/mol. The minimum atomic E-state index is 0.0430. The summed E-state index contributed by atoms with van der Waals surface area (Å²) in [6.45, 7) is 0.0430. The minimum absolute atomic E-state index is 0.0430. The van der Waals surface area contributed by atoms with E-state index in [0.29, 0.717) is 33.4 Å². The summed E-state index contributed by atoms with van der Waals surface area (Å²) in [7, 11) is 0. The number of carbonyl (C=O) groups is 1. The number of fused-ring (bicyclic) bond motifs is 1. The molecule has 5 heteroatoms. The van der Waals surface area contributed by atoms with Crippen molar-refractivity contribution in [3.63, 3.8) is 0 Å². The second-order valence-corrected chi connectivity index (χ2v) is 3.47. The molecule has 1 aromatic carbocycles. The molecule has 70 valence electrons. The van der Waals surface area contributed by atoms with Gasteiger partial charge in [-0.1, -0.05) is 0 Å². The lowest BCUT2D eigenvalue weighted by Crippen LogP contribution is -1.94. The smallest absolute Gasteiger partial charge is 0.231 e. The minimum Gasteiger partial charge on any atom is -0.453 e. The van der Waals surface area contributed by atoms with Crippen molar-refractivity contribution in [3.05, 3.63) is 21.7 Å². The fraction of sp³-hybridized carbons (Fsp3) is 0.111. The largest absolute Gasteiger partial charge is 0.453 e. The first kappa shape index (κ1) is 9.03. The van der Waals surface area contributed by atoms with Crippen LogP contribution in [0.3, 0.4) is 0 Å². The van der Waals surface area contributed by atoms with Crippen LogP contribution in [0.2, 0.25) is 0 Å². The van der Waals surface area contributed by atoms with E-state index >= 15 is 0 Å². The van der Waals surface area contributed by atoms with Crippen LogP contribution in [0, 0.1) is 11.3 Å². The number of ether oxygens (including phenoxy) is 2. The van der Waals surface area contributed by atoms with Gasteiger partial charge in [-0.05, 0) is 22.0 Å². The van der Waals surface area contributed by atoms with Gasteiger partial charge in [-0.3, -0.25) is 4.79 Å². The van der Waals surface area contributed by atoms with E-state index in [-0.39, 0.29) is 6.79 Å². The maximum Gasteiger partial charge on any atom is 0.231 e. The molecular weight excluding hydrogens is 250 g/mol. The fourth-order valence-electron chi connectivity index (χ4n) is 1.25. The van der Waals surface area contributed by atoms with E-state index in [1.807, 2.05) is 6.07 Å². The van der Waals surface area contributed by atoms with Crippen molar-refractivity contribution in [1.29, 1.82) is 5.26 Å². The highest BCUT2D eigenvalue weighted by atomic mass is 79.9. The highest BCUT2D eigenvalue weighted by molar-refractivity contribution is 9.10. The van der Waals surface area contributed by atoms with Crippen molar-refractivity contribution < 1.29 is 14.3 Å². The Hall–Kier alpha value is -1.54. The Bertz CT molecular complexity index is 450. The molecule has 1 heterocycles. The Morgan fingerprint density at radius 1 is 1.50 bits per heavy atom. The average Bonchev–Trinajstić information content (AvgIpc) is 2.65. The first-order valence-electron chi connectivity index (χ1n) is 3.75. The predicted molar refractivity (Wildman–Crippen MR) is 50.4 cm³/mol. The topological polar surface area (TPSA) is 59.3 Å². The van der Waals surface area contributed by atoms with E-state index in [1.165, 1.54) is 6.07 Å². The Kier molecular flexibility index (Phi) is 2.14. The lowest BCUT2D eigenvalue weighted by atomic mass is 10.1. The molecule has 0 aliphatic carbocycles. The van der Waals surface area contributed by atoms with Crippen LogP contribution < -0.4 is 9.47 Å². The van der Waals surface area contributed by atoms with Crippen LogP contribution in [-0.2, 0) is 0 Å². The number of rotatable bonds is 1. The van der Waals surface area contributed by atoms with Gasteiger partial charge in [0, 0.05) is 4.47 Å². The molecule has 1 aliphatic heterocycles. The third-order valence-corrected chi connectivity index (χ3v) is 2.52. The zero-order chi connectivity index (χ0) is 10.1. The molecule has 0 spiro atoms. The van der Waals surface area contributed by atoms with E-state index in [9.17, 15) is 4.79 Å². The molecule has 0 amide bonds. The first-order chi connectivity index (χ1) is 6.77. The summed E-state index contributed by atoms with van der Waals surface area (Å²) in [6.07, 6.45) is 0.665. The molecule has 0 atom stereocenters. The summed E-state index contributed by atoms with van der Waals surface area (Å²) in [5.74, 6) is 0.684. The fourth-order valence-corrected chi connectivity index (χ4v) is 1.75. The van der Waals surface area contributed by atoms with Gasteiger partial charge >= 0.3 is 0 Å². The summed E-state index contributed by atoms with van der Waals surface area (Å²) >= 11 is 3.18. The molecule has 1 aromatic rings. The number of hydrogen-bond acceptors (Lipinski definition) is 4. The predicted octanol–water partition coefficient (Wildman–Crippen LogP) is 1.86. The molecule has 0 saturated heterocycles. The van der Waals surface area contributed by atoms with Crippen molar-refractivity contribution >= 4 is 22.2 Å². The number of aldehydes is 1. The maximum absolute atomic E-state index is 10.7. The van der Waals surface area contributed by atoms with Crippen molar-refractivity contribution in [3.8, 4) is 17.6 Å². The lowest BCUT2D eigenvalue weighted by molar-refractivity contribution is 0.111. The van der Waals surface area contributed by atoms with Crippen molar-refractivity contribution in [1.82, 2.24) is 0 Å². The van der Waals surface area contributed by atoms with Crippen LogP contribution in [0.5, 0.6) is 11.5 Å². The number of hydrogen-bond donors (Lipinski definition) is 0. The van der Waals surface area contributed by atoms with Gasteiger partial charge in [-0.15, -0.1) is 0 Å². The second-order valence-electron chi connectivity index (χ2n) is 2.61. The van der Waals surface area contributed by atoms with Crippen LogP contribution in [0.15, 0.2) is 10.5 Å². The summed E-state index contributed by atoms with van der Waals surface area (Å²) in [4.78, 5) is 10.7. The van der Waals surface area contributed by atoms with Crippen LogP contribution in [0.4, 0.5) is 0 Å². The van der Waals surface area contributed by atoms with E-state index in [2.05, 4.69) is 15.9 Å². The van der Waals surface area contributed by atoms with Gasteiger partial charge in [0.25, 0.3) is 0 Å². The molecule has 2 rings (SSSR count). The molecular formula is C9H4BrNO3. The van der Waals surface area contributed by atoms with E-state index in [0.717, 1.165) is 0 Å². The number of halogens is 1. The normalized spacial score (nSPS) is 12.3. The lowest BCUT2D eigenvalue weighted by Gasteiger charge is -2.03. The summed E-state index contributed by atoms with van der Waals surface area (Å²) in [5.41, 5.74) is 0.728. The Balaban J connectivity index is 2.75. The standard InChI is InChI=1S/C9H4BrNO3/c10-7-1-5(2-11)8-9(6(7)3-12)14-4-13-8/h1,3H,4H2. The van der Waals surface area contributed by atoms with E-state index in [4.69, 9.17) is 14.7 Å². The van der Waals surface area contributed by atoms with Gasteiger partial charge in [0.1, 0.15) is 6.07 Å². The molecule has 0 fully saturated rings. The van der Waals surface area contributed by atoms with Crippen molar-refractivity contribution in [2.45, 2.75) is 0 Å². The maximum atomic E-state index is 10.7. The molecule has 0 unspecified atom stereocenters. The monoisotopic (exact) mass is 253 g/mol. The van der Waals surface area contributed by atoms with Gasteiger partial charge in [0.05, 0.1) is 11.1 Å². The third-order valence-electron chi connectivity index (χ3n) is 1.87. The highest BCUT2D eigenvalue weighted by Gasteiger charge is 2.24. The number of carbonyl (C=O) groups excluding carboxylic acids is 1. The molecule has 0 saturated carbocycles. The number of nitrogens with zero attached hydrogens (tertiary/aromatic N) is 1. The van der Waals surface area contributed by atoms with Crippen LogP contribution in [-0.4, -0.2) is 13.1 Å². The molecule has 0 radical (unpaired) electrons. The van der Waals surface area contributed by atoms with Crippen LogP contribution in [0.25, 0.3) is 0 Å². The van der Waals surface area contributed by atoms with Gasteiger partial charge < -0.3 is 9.47 Å². The summed E-state index contributed by atoms with van der Waals surface area (Å²) in [6, 6.07) is 3.51. The third kappa shape index (κ3) is 1.16. The Morgan fingerprint density at radius 2 is 2.21 bits per heavy atom. The van der Waals surface area contributed by atoms with Crippen molar-refractivity contribution in [2.24, 2.45) is 0 Å². The van der Waals surface area contributed by atoms with Gasteiger partial charge in [-0.2, -0.15) is 5.26 Å². The molecule has 0 bridgehead atoms. The molecule has 4 nitrogen and oxygen atoms in total. The Labute approximate surface area is 88.2 Å². The van der Waals surface area contributed by atoms with E-state index in [1.54, 1.807) is 0 Å².